The van der Waals surface area contributed by atoms with Crippen LogP contribution in [0.4, 0.5) is 0 Å². The van der Waals surface area contributed by atoms with Crippen molar-refractivity contribution < 1.29 is 4.74 Å². The van der Waals surface area contributed by atoms with Crippen LogP contribution in [0.5, 0.6) is 5.75 Å². The van der Waals surface area contributed by atoms with Gasteiger partial charge in [-0.25, -0.2) is 0 Å². The highest BCUT2D eigenvalue weighted by Gasteiger charge is 2.27. The van der Waals surface area contributed by atoms with Crippen molar-refractivity contribution in [2.75, 3.05) is 6.61 Å². The van der Waals surface area contributed by atoms with E-state index in [1.165, 1.54) is 24.0 Å². The van der Waals surface area contributed by atoms with E-state index in [4.69, 9.17) is 4.74 Å². The molecule has 0 spiro atoms. The Labute approximate surface area is 79.7 Å². The van der Waals surface area contributed by atoms with Gasteiger partial charge in [0.25, 0.3) is 0 Å². The Morgan fingerprint density at radius 2 is 2.15 bits per heavy atom. The molecule has 1 aromatic rings. The topological polar surface area (TPSA) is 9.23 Å². The molecule has 1 aliphatic carbocycles. The van der Waals surface area contributed by atoms with Gasteiger partial charge in [0.15, 0.2) is 0 Å². The monoisotopic (exact) mass is 176 g/mol. The summed E-state index contributed by atoms with van der Waals surface area (Å²) in [4.78, 5) is 0. The van der Waals surface area contributed by atoms with E-state index < -0.39 is 0 Å². The van der Waals surface area contributed by atoms with Gasteiger partial charge < -0.3 is 4.74 Å². The Hall–Kier alpha value is -0.980. The van der Waals surface area contributed by atoms with Gasteiger partial charge in [0.2, 0.25) is 0 Å². The smallest absolute Gasteiger partial charge is 0.125 e. The number of benzene rings is 1. The van der Waals surface area contributed by atoms with E-state index in [-0.39, 0.29) is 0 Å². The first kappa shape index (κ1) is 8.61. The standard InChI is InChI=1S/C12H16O/c1-3-13-12-9(2)5-4-6-11(12)10-7-8-10/h4-6,10H,3,7-8H2,1-2H3. The van der Waals surface area contributed by atoms with Gasteiger partial charge >= 0.3 is 0 Å². The molecule has 1 nitrogen and oxygen atoms in total. The van der Waals surface area contributed by atoms with Crippen molar-refractivity contribution in [2.24, 2.45) is 0 Å². The molecule has 1 heteroatoms. The number of rotatable bonds is 3. The van der Waals surface area contributed by atoms with E-state index >= 15 is 0 Å². The Morgan fingerprint density at radius 3 is 2.77 bits per heavy atom. The minimum atomic E-state index is 0.768. The third-order valence-corrected chi connectivity index (χ3v) is 2.55. The van der Waals surface area contributed by atoms with Gasteiger partial charge in [-0.3, -0.25) is 0 Å². The normalized spacial score (nSPS) is 15.8. The summed E-state index contributed by atoms with van der Waals surface area (Å²) in [6.45, 7) is 4.94. The van der Waals surface area contributed by atoms with E-state index in [1.807, 2.05) is 6.92 Å². The number of aryl methyl sites for hydroxylation is 1. The summed E-state index contributed by atoms with van der Waals surface area (Å²) in [6.07, 6.45) is 2.67. The molecular weight excluding hydrogens is 160 g/mol. The van der Waals surface area contributed by atoms with E-state index in [0.29, 0.717) is 0 Å². The predicted octanol–water partition coefficient (Wildman–Crippen LogP) is 3.27. The molecule has 1 aromatic carbocycles. The lowest BCUT2D eigenvalue weighted by molar-refractivity contribution is 0.334. The Kier molecular flexibility index (Phi) is 2.26. The number of ether oxygens (including phenoxy) is 1. The molecule has 0 heterocycles. The van der Waals surface area contributed by atoms with Gasteiger partial charge in [-0.05, 0) is 43.7 Å². The molecule has 2 rings (SSSR count). The van der Waals surface area contributed by atoms with Crippen LogP contribution in [0.2, 0.25) is 0 Å². The molecule has 0 radical (unpaired) electrons. The molecule has 1 saturated carbocycles. The van der Waals surface area contributed by atoms with E-state index in [0.717, 1.165) is 18.3 Å². The summed E-state index contributed by atoms with van der Waals surface area (Å²) < 4.78 is 5.67. The summed E-state index contributed by atoms with van der Waals surface area (Å²) in [5.41, 5.74) is 2.69. The van der Waals surface area contributed by atoms with E-state index in [1.54, 1.807) is 0 Å². The SMILES string of the molecule is CCOc1c(C)cccc1C1CC1. The highest BCUT2D eigenvalue weighted by atomic mass is 16.5. The summed E-state index contributed by atoms with van der Waals surface area (Å²) in [5, 5.41) is 0. The maximum atomic E-state index is 5.67. The van der Waals surface area contributed by atoms with Gasteiger partial charge in [-0.2, -0.15) is 0 Å². The third-order valence-electron chi connectivity index (χ3n) is 2.55. The Bertz CT molecular complexity index is 300. The van der Waals surface area contributed by atoms with Gasteiger partial charge in [0.1, 0.15) is 5.75 Å². The molecule has 1 fully saturated rings. The zero-order chi connectivity index (χ0) is 9.26. The van der Waals surface area contributed by atoms with Crippen molar-refractivity contribution in [2.45, 2.75) is 32.6 Å². The lowest BCUT2D eigenvalue weighted by Crippen LogP contribution is -1.97. The van der Waals surface area contributed by atoms with Crippen LogP contribution in [0.15, 0.2) is 18.2 Å². The van der Waals surface area contributed by atoms with Crippen LogP contribution >= 0.6 is 0 Å². The second kappa shape index (κ2) is 3.41. The average Bonchev–Trinajstić information content (AvgIpc) is 2.92. The average molecular weight is 176 g/mol. The summed E-state index contributed by atoms with van der Waals surface area (Å²) >= 11 is 0. The van der Waals surface area contributed by atoms with Crippen LogP contribution in [-0.4, -0.2) is 6.61 Å². The largest absolute Gasteiger partial charge is 0.493 e. The quantitative estimate of drug-likeness (QED) is 0.686. The first-order valence-electron chi connectivity index (χ1n) is 5.05. The molecule has 1 aliphatic rings. The Balaban J connectivity index is 2.35. The fourth-order valence-electron chi connectivity index (χ4n) is 1.73. The Morgan fingerprint density at radius 1 is 1.38 bits per heavy atom. The molecule has 70 valence electrons. The van der Waals surface area contributed by atoms with Crippen molar-refractivity contribution in [3.05, 3.63) is 29.3 Å². The van der Waals surface area contributed by atoms with Crippen LogP contribution < -0.4 is 4.74 Å². The first-order valence-corrected chi connectivity index (χ1v) is 5.05. The highest BCUT2D eigenvalue weighted by Crippen LogP contribution is 2.45. The fourth-order valence-corrected chi connectivity index (χ4v) is 1.73. The molecule has 0 unspecified atom stereocenters. The number of hydrogen-bond acceptors (Lipinski definition) is 1. The van der Waals surface area contributed by atoms with Crippen molar-refractivity contribution in [3.8, 4) is 5.75 Å². The molecule has 0 aliphatic heterocycles. The second-order valence-corrected chi connectivity index (χ2v) is 3.70. The van der Waals surface area contributed by atoms with Crippen molar-refractivity contribution in [1.82, 2.24) is 0 Å². The summed E-state index contributed by atoms with van der Waals surface area (Å²) in [6, 6.07) is 6.46. The van der Waals surface area contributed by atoms with Gasteiger partial charge in [0.05, 0.1) is 6.61 Å². The first-order chi connectivity index (χ1) is 6.33. The molecule has 0 bridgehead atoms. The van der Waals surface area contributed by atoms with Gasteiger partial charge in [-0.15, -0.1) is 0 Å². The van der Waals surface area contributed by atoms with Crippen LogP contribution in [0.3, 0.4) is 0 Å². The van der Waals surface area contributed by atoms with E-state index in [9.17, 15) is 0 Å². The maximum absolute atomic E-state index is 5.67. The third kappa shape index (κ3) is 1.69. The van der Waals surface area contributed by atoms with Crippen LogP contribution in [0.1, 0.15) is 36.8 Å². The highest BCUT2D eigenvalue weighted by molar-refractivity contribution is 5.44. The van der Waals surface area contributed by atoms with Gasteiger partial charge in [-0.1, -0.05) is 18.2 Å². The lowest BCUT2D eigenvalue weighted by atomic mass is 10.1. The molecule has 0 N–H and O–H groups in total. The summed E-state index contributed by atoms with van der Waals surface area (Å²) in [7, 11) is 0. The molecular formula is C12H16O. The van der Waals surface area contributed by atoms with Crippen molar-refractivity contribution in [3.63, 3.8) is 0 Å². The minimum Gasteiger partial charge on any atom is -0.493 e. The number of hydrogen-bond donors (Lipinski definition) is 0. The number of para-hydroxylation sites is 1. The maximum Gasteiger partial charge on any atom is 0.125 e. The molecule has 0 atom stereocenters. The minimum absolute atomic E-state index is 0.768. The zero-order valence-corrected chi connectivity index (χ0v) is 8.34. The molecule has 0 saturated heterocycles. The van der Waals surface area contributed by atoms with Crippen LogP contribution in [0.25, 0.3) is 0 Å². The molecule has 0 aromatic heterocycles. The molecule has 13 heavy (non-hydrogen) atoms. The van der Waals surface area contributed by atoms with Crippen molar-refractivity contribution in [1.29, 1.82) is 0 Å². The molecule has 0 amide bonds. The fraction of sp³-hybridized carbons (Fsp3) is 0.500. The van der Waals surface area contributed by atoms with Crippen LogP contribution in [-0.2, 0) is 0 Å². The van der Waals surface area contributed by atoms with Gasteiger partial charge in [0, 0.05) is 0 Å². The van der Waals surface area contributed by atoms with Crippen LogP contribution in [0, 0.1) is 6.92 Å². The van der Waals surface area contributed by atoms with Crippen molar-refractivity contribution >= 4 is 0 Å². The second-order valence-electron chi connectivity index (χ2n) is 3.70. The predicted molar refractivity (Wildman–Crippen MR) is 54.3 cm³/mol. The summed E-state index contributed by atoms with van der Waals surface area (Å²) in [5.74, 6) is 1.91. The lowest BCUT2D eigenvalue weighted by Gasteiger charge is -2.11. The van der Waals surface area contributed by atoms with E-state index in [2.05, 4.69) is 25.1 Å². The zero-order valence-electron chi connectivity index (χ0n) is 8.34.